The van der Waals surface area contributed by atoms with Gasteiger partial charge in [0.1, 0.15) is 15.8 Å². The Kier molecular flexibility index (Phi) is 7.15. The van der Waals surface area contributed by atoms with E-state index in [1.54, 1.807) is 13.8 Å². The summed E-state index contributed by atoms with van der Waals surface area (Å²) >= 11 is 6.00. The van der Waals surface area contributed by atoms with Crippen LogP contribution in [0.15, 0.2) is 21.9 Å². The molecular weight excluding hydrogens is 448 g/mol. The number of benzene rings is 1. The molecule has 0 aliphatic carbocycles. The second-order valence-corrected chi connectivity index (χ2v) is 9.78. The SMILES string of the molecule is CCOC(=O)C1CC(Nc2cc(Cl)c(S(N)(=O)=O)cc2S(N)(=O)=O)(OCC)CN1. The average molecular weight is 471 g/mol. The third-order valence-corrected chi connectivity index (χ3v) is 6.50. The Hall–Kier alpha value is -1.48. The van der Waals surface area contributed by atoms with Crippen LogP contribution in [0.5, 0.6) is 0 Å². The minimum Gasteiger partial charge on any atom is -0.465 e. The lowest BCUT2D eigenvalue weighted by Crippen LogP contribution is -2.44. The Morgan fingerprint density at radius 2 is 1.83 bits per heavy atom. The van der Waals surface area contributed by atoms with Gasteiger partial charge in [0.15, 0.2) is 5.72 Å². The van der Waals surface area contributed by atoms with Crippen molar-refractivity contribution >= 4 is 43.3 Å². The topological polar surface area (TPSA) is 180 Å². The Bertz CT molecular complexity index is 1000. The number of carbonyl (C=O) groups is 1. The van der Waals surface area contributed by atoms with Crippen LogP contribution >= 0.6 is 11.6 Å². The average Bonchev–Trinajstić information content (AvgIpc) is 2.97. The number of hydrogen-bond donors (Lipinski definition) is 4. The van der Waals surface area contributed by atoms with Crippen molar-refractivity contribution in [3.63, 3.8) is 0 Å². The fourth-order valence-electron chi connectivity index (χ4n) is 3.02. The van der Waals surface area contributed by atoms with Gasteiger partial charge in [-0.1, -0.05) is 11.6 Å². The van der Waals surface area contributed by atoms with Crippen LogP contribution in [0, 0.1) is 0 Å². The zero-order valence-corrected chi connectivity index (χ0v) is 18.2. The van der Waals surface area contributed by atoms with E-state index in [2.05, 4.69) is 10.6 Å². The highest BCUT2D eigenvalue weighted by molar-refractivity contribution is 7.90. The molecule has 1 aliphatic heterocycles. The fourth-order valence-corrected chi connectivity index (χ4v) is 4.89. The van der Waals surface area contributed by atoms with E-state index in [4.69, 9.17) is 31.4 Å². The van der Waals surface area contributed by atoms with Gasteiger partial charge in [-0.05, 0) is 26.0 Å². The Balaban J connectivity index is 2.50. The smallest absolute Gasteiger partial charge is 0.323 e. The van der Waals surface area contributed by atoms with Crippen LogP contribution in [-0.2, 0) is 34.3 Å². The quantitative estimate of drug-likeness (QED) is 0.293. The van der Waals surface area contributed by atoms with E-state index in [-0.39, 0.29) is 36.9 Å². The van der Waals surface area contributed by atoms with Gasteiger partial charge in [0.05, 0.1) is 17.3 Å². The predicted molar refractivity (Wildman–Crippen MR) is 105 cm³/mol. The summed E-state index contributed by atoms with van der Waals surface area (Å²) in [6.07, 6.45) is 0.109. The van der Waals surface area contributed by atoms with E-state index >= 15 is 0 Å². The number of rotatable bonds is 8. The van der Waals surface area contributed by atoms with Gasteiger partial charge in [0.25, 0.3) is 0 Å². The molecule has 11 nitrogen and oxygen atoms in total. The summed E-state index contributed by atoms with van der Waals surface area (Å²) in [6.45, 7) is 3.96. The second kappa shape index (κ2) is 8.71. The number of sulfonamides is 2. The summed E-state index contributed by atoms with van der Waals surface area (Å²) in [4.78, 5) is 10.9. The van der Waals surface area contributed by atoms with E-state index < -0.39 is 47.6 Å². The maximum absolute atomic E-state index is 12.1. The first-order valence-corrected chi connectivity index (χ1v) is 12.0. The van der Waals surface area contributed by atoms with Crippen molar-refractivity contribution in [2.45, 2.75) is 41.8 Å². The zero-order chi connectivity index (χ0) is 22.0. The molecule has 0 aromatic heterocycles. The minimum atomic E-state index is -4.36. The molecule has 0 saturated carbocycles. The molecule has 2 unspecified atom stereocenters. The minimum absolute atomic E-state index is 0.0929. The van der Waals surface area contributed by atoms with Crippen molar-refractivity contribution in [2.24, 2.45) is 10.3 Å². The second-order valence-electron chi connectivity index (χ2n) is 6.31. The number of primary sulfonamides is 2. The molecule has 1 heterocycles. The van der Waals surface area contributed by atoms with Crippen molar-refractivity contribution in [3.05, 3.63) is 17.2 Å². The van der Waals surface area contributed by atoms with Crippen molar-refractivity contribution in [1.29, 1.82) is 0 Å². The van der Waals surface area contributed by atoms with Gasteiger partial charge < -0.3 is 14.8 Å². The van der Waals surface area contributed by atoms with Gasteiger partial charge in [-0.2, -0.15) is 0 Å². The lowest BCUT2D eigenvalue weighted by molar-refractivity contribution is -0.145. The normalized spacial score (nSPS) is 22.4. The lowest BCUT2D eigenvalue weighted by atomic mass is 10.1. The third kappa shape index (κ3) is 5.57. The lowest BCUT2D eigenvalue weighted by Gasteiger charge is -2.31. The monoisotopic (exact) mass is 470 g/mol. The zero-order valence-electron chi connectivity index (χ0n) is 15.8. The van der Waals surface area contributed by atoms with Gasteiger partial charge in [-0.25, -0.2) is 27.1 Å². The standard InChI is InChI=1S/C15H23ClN4O7S2/c1-3-26-14(21)11-7-15(8-19-11,27-4-2)20-10-5-9(16)12(28(17,22)23)6-13(10)29(18,24)25/h5-6,11,19-20H,3-4,7-8H2,1-2H3,(H2,17,22,23)(H2,18,24,25). The highest BCUT2D eigenvalue weighted by Gasteiger charge is 2.44. The molecule has 2 atom stereocenters. The molecule has 14 heteroatoms. The largest absolute Gasteiger partial charge is 0.465 e. The van der Waals surface area contributed by atoms with Crippen LogP contribution in [0.4, 0.5) is 5.69 Å². The molecule has 1 aromatic rings. The summed E-state index contributed by atoms with van der Waals surface area (Å²) in [5.41, 5.74) is -1.29. The highest BCUT2D eigenvalue weighted by atomic mass is 35.5. The third-order valence-electron chi connectivity index (χ3n) is 4.17. The molecule has 1 aliphatic rings. The van der Waals surface area contributed by atoms with Gasteiger partial charge in [-0.15, -0.1) is 0 Å². The van der Waals surface area contributed by atoms with Crippen LogP contribution in [-0.4, -0.2) is 54.3 Å². The maximum Gasteiger partial charge on any atom is 0.323 e. The molecule has 0 bridgehead atoms. The predicted octanol–water partition coefficient (Wildman–Crippen LogP) is -0.295. The van der Waals surface area contributed by atoms with Crippen molar-refractivity contribution in [1.82, 2.24) is 5.32 Å². The van der Waals surface area contributed by atoms with E-state index in [0.717, 1.165) is 12.1 Å². The van der Waals surface area contributed by atoms with Crippen LogP contribution in [0.1, 0.15) is 20.3 Å². The Morgan fingerprint density at radius 3 is 2.34 bits per heavy atom. The molecule has 29 heavy (non-hydrogen) atoms. The number of hydrogen-bond acceptors (Lipinski definition) is 9. The fraction of sp³-hybridized carbons (Fsp3) is 0.533. The molecule has 6 N–H and O–H groups in total. The first-order valence-electron chi connectivity index (χ1n) is 8.54. The van der Waals surface area contributed by atoms with Crippen LogP contribution in [0.3, 0.4) is 0 Å². The number of nitrogens with one attached hydrogen (secondary N) is 2. The van der Waals surface area contributed by atoms with Crippen LogP contribution in [0.25, 0.3) is 0 Å². The van der Waals surface area contributed by atoms with Gasteiger partial charge in [0, 0.05) is 19.6 Å². The van der Waals surface area contributed by atoms with Crippen molar-refractivity contribution < 1.29 is 31.1 Å². The van der Waals surface area contributed by atoms with Gasteiger partial charge in [-0.3, -0.25) is 10.1 Å². The van der Waals surface area contributed by atoms with Gasteiger partial charge >= 0.3 is 5.97 Å². The number of ether oxygens (including phenoxy) is 2. The number of nitrogens with two attached hydrogens (primary N) is 2. The van der Waals surface area contributed by atoms with Crippen molar-refractivity contribution in [3.8, 4) is 0 Å². The number of esters is 1. The number of anilines is 1. The molecule has 0 spiro atoms. The molecule has 0 amide bonds. The summed E-state index contributed by atoms with van der Waals surface area (Å²) in [7, 11) is -8.66. The van der Waals surface area contributed by atoms with E-state index in [0.29, 0.717) is 0 Å². The highest BCUT2D eigenvalue weighted by Crippen LogP contribution is 2.34. The van der Waals surface area contributed by atoms with Crippen LogP contribution in [0.2, 0.25) is 5.02 Å². The first kappa shape index (κ1) is 23.8. The van der Waals surface area contributed by atoms with Crippen molar-refractivity contribution in [2.75, 3.05) is 25.1 Å². The van der Waals surface area contributed by atoms with E-state index in [1.165, 1.54) is 0 Å². The summed E-state index contributed by atoms with van der Waals surface area (Å²) < 4.78 is 58.3. The number of carbonyl (C=O) groups excluding carboxylic acids is 1. The number of halogens is 1. The summed E-state index contributed by atoms with van der Waals surface area (Å²) in [6, 6.07) is 1.17. The molecule has 0 radical (unpaired) electrons. The Morgan fingerprint density at radius 1 is 1.21 bits per heavy atom. The molecular formula is C15H23ClN4O7S2. The Labute approximate surface area is 174 Å². The van der Waals surface area contributed by atoms with Gasteiger partial charge in [0.2, 0.25) is 20.0 Å². The van der Waals surface area contributed by atoms with E-state index in [9.17, 15) is 21.6 Å². The van der Waals surface area contributed by atoms with E-state index in [1.807, 2.05) is 0 Å². The molecule has 1 saturated heterocycles. The molecule has 1 aromatic carbocycles. The summed E-state index contributed by atoms with van der Waals surface area (Å²) in [5, 5.41) is 15.9. The molecule has 2 rings (SSSR count). The molecule has 164 valence electrons. The van der Waals surface area contributed by atoms with Crippen LogP contribution < -0.4 is 20.9 Å². The first-order chi connectivity index (χ1) is 13.3. The summed E-state index contributed by atoms with van der Waals surface area (Å²) in [5.74, 6) is -0.481. The molecule has 1 fully saturated rings. The maximum atomic E-state index is 12.1.